The fourth-order valence-electron chi connectivity index (χ4n) is 2.49. The molecule has 3 heterocycles. The molecule has 3 aromatic heterocycles. The molecule has 1 aromatic carbocycles. The molecular formula is C19H18N4S4. The van der Waals surface area contributed by atoms with Crippen LogP contribution in [-0.4, -0.2) is 21.7 Å². The summed E-state index contributed by atoms with van der Waals surface area (Å²) in [6, 6.07) is 14.7. The maximum Gasteiger partial charge on any atom is 0.206 e. The van der Waals surface area contributed by atoms with Gasteiger partial charge in [-0.1, -0.05) is 59.5 Å². The molecule has 27 heavy (non-hydrogen) atoms. The summed E-state index contributed by atoms with van der Waals surface area (Å²) in [6.07, 6.45) is 1.91. The molecule has 0 atom stereocenters. The quantitative estimate of drug-likeness (QED) is 0.351. The van der Waals surface area contributed by atoms with E-state index in [4.69, 9.17) is 4.98 Å². The number of thiazole rings is 1. The minimum atomic E-state index is 0.828. The van der Waals surface area contributed by atoms with Crippen molar-refractivity contribution in [2.24, 2.45) is 0 Å². The number of hydrogen-bond acceptors (Lipinski definition) is 8. The number of rotatable bonds is 9. The molecule has 0 unspecified atom stereocenters. The third-order valence-electron chi connectivity index (χ3n) is 3.78. The first-order chi connectivity index (χ1) is 13.3. The van der Waals surface area contributed by atoms with Crippen molar-refractivity contribution in [3.63, 3.8) is 0 Å². The normalized spacial score (nSPS) is 11.0. The fraction of sp³-hybridized carbons (Fsp3) is 0.211. The first kappa shape index (κ1) is 18.6. The number of thiophene rings is 1. The van der Waals surface area contributed by atoms with Gasteiger partial charge in [0.25, 0.3) is 0 Å². The Hall–Kier alpha value is -1.74. The molecule has 0 aliphatic rings. The summed E-state index contributed by atoms with van der Waals surface area (Å²) < 4.78 is 0.978. The van der Waals surface area contributed by atoms with Crippen LogP contribution in [0, 0.1) is 0 Å². The molecule has 0 amide bonds. The van der Waals surface area contributed by atoms with Crippen LogP contribution in [0.15, 0.2) is 57.6 Å². The first-order valence-electron chi connectivity index (χ1n) is 8.55. The van der Waals surface area contributed by atoms with Crippen molar-refractivity contribution >= 4 is 50.9 Å². The molecule has 0 aliphatic heterocycles. The van der Waals surface area contributed by atoms with E-state index in [-0.39, 0.29) is 0 Å². The number of hydrogen-bond donors (Lipinski definition) is 1. The molecule has 0 saturated carbocycles. The molecule has 0 saturated heterocycles. The molecule has 8 heteroatoms. The van der Waals surface area contributed by atoms with Crippen LogP contribution in [0.1, 0.15) is 21.1 Å². The topological polar surface area (TPSA) is 50.7 Å². The van der Waals surface area contributed by atoms with Crippen LogP contribution in [0.3, 0.4) is 0 Å². The van der Waals surface area contributed by atoms with Gasteiger partial charge in [0.1, 0.15) is 0 Å². The number of nitrogens with one attached hydrogen (secondary N) is 1. The standard InChI is InChI=1S/C19H18N4S4/c1-2-5-14(6-3-1)11-17-21-15(12-25-17)13-26-19-23-22-18(27-19)20-9-8-16-7-4-10-24-16/h1-7,10,12H,8-9,11,13H2,(H,20,22). The molecule has 4 nitrogen and oxygen atoms in total. The lowest BCUT2D eigenvalue weighted by atomic mass is 10.2. The summed E-state index contributed by atoms with van der Waals surface area (Å²) in [4.78, 5) is 6.13. The van der Waals surface area contributed by atoms with Gasteiger partial charge in [-0.2, -0.15) is 0 Å². The predicted molar refractivity (Wildman–Crippen MR) is 117 cm³/mol. The van der Waals surface area contributed by atoms with Crippen LogP contribution in [-0.2, 0) is 18.6 Å². The van der Waals surface area contributed by atoms with E-state index >= 15 is 0 Å². The van der Waals surface area contributed by atoms with Crippen LogP contribution in [0.4, 0.5) is 5.13 Å². The Bertz CT molecular complexity index is 947. The number of aromatic nitrogens is 3. The van der Waals surface area contributed by atoms with Crippen molar-refractivity contribution in [1.29, 1.82) is 0 Å². The Morgan fingerprint density at radius 3 is 2.78 bits per heavy atom. The van der Waals surface area contributed by atoms with Crippen molar-refractivity contribution in [3.05, 3.63) is 74.4 Å². The van der Waals surface area contributed by atoms with E-state index in [1.807, 2.05) is 6.07 Å². The average Bonchev–Trinajstić information content (AvgIpc) is 3.43. The smallest absolute Gasteiger partial charge is 0.206 e. The first-order valence-corrected chi connectivity index (χ1v) is 12.1. The highest BCUT2D eigenvalue weighted by Crippen LogP contribution is 2.29. The van der Waals surface area contributed by atoms with Crippen LogP contribution >= 0.6 is 45.8 Å². The number of benzene rings is 1. The van der Waals surface area contributed by atoms with Gasteiger partial charge in [-0.05, 0) is 23.4 Å². The van der Waals surface area contributed by atoms with Gasteiger partial charge in [0, 0.05) is 29.0 Å². The Morgan fingerprint density at radius 2 is 1.93 bits per heavy atom. The Labute approximate surface area is 174 Å². The largest absolute Gasteiger partial charge is 0.360 e. The molecule has 4 aromatic rings. The zero-order chi connectivity index (χ0) is 18.3. The van der Waals surface area contributed by atoms with Crippen LogP contribution in [0.5, 0.6) is 0 Å². The molecule has 0 bridgehead atoms. The van der Waals surface area contributed by atoms with Crippen molar-refractivity contribution in [2.45, 2.75) is 22.9 Å². The minimum Gasteiger partial charge on any atom is -0.360 e. The second-order valence-electron chi connectivity index (χ2n) is 5.81. The Morgan fingerprint density at radius 1 is 1.00 bits per heavy atom. The number of nitrogens with zero attached hydrogens (tertiary/aromatic N) is 3. The molecule has 0 aliphatic carbocycles. The van der Waals surface area contributed by atoms with Gasteiger partial charge in [-0.15, -0.1) is 32.9 Å². The highest BCUT2D eigenvalue weighted by Gasteiger charge is 2.08. The second-order valence-corrected chi connectivity index (χ2v) is 9.99. The zero-order valence-electron chi connectivity index (χ0n) is 14.5. The van der Waals surface area contributed by atoms with Crippen LogP contribution < -0.4 is 5.32 Å². The summed E-state index contributed by atoms with van der Waals surface area (Å²) in [7, 11) is 0. The Balaban J connectivity index is 1.24. The van der Waals surface area contributed by atoms with Gasteiger partial charge in [0.2, 0.25) is 5.13 Å². The summed E-state index contributed by atoms with van der Waals surface area (Å²) in [5, 5.41) is 18.2. The van der Waals surface area contributed by atoms with Gasteiger partial charge in [-0.25, -0.2) is 4.98 Å². The fourth-order valence-corrected chi connectivity index (χ4v) is 5.80. The molecular weight excluding hydrogens is 413 g/mol. The summed E-state index contributed by atoms with van der Waals surface area (Å²) in [5.41, 5.74) is 2.41. The minimum absolute atomic E-state index is 0.828. The number of thioether (sulfide) groups is 1. The van der Waals surface area contributed by atoms with Gasteiger partial charge in [0.15, 0.2) is 4.34 Å². The highest BCUT2D eigenvalue weighted by atomic mass is 32.2. The lowest BCUT2D eigenvalue weighted by Crippen LogP contribution is -2.03. The van der Waals surface area contributed by atoms with E-state index in [1.54, 1.807) is 45.8 Å². The lowest BCUT2D eigenvalue weighted by molar-refractivity contribution is 0.979. The number of anilines is 1. The highest BCUT2D eigenvalue weighted by molar-refractivity contribution is 8.00. The third-order valence-corrected chi connectivity index (χ3v) is 7.66. The van der Waals surface area contributed by atoms with Gasteiger partial charge < -0.3 is 5.32 Å². The summed E-state index contributed by atoms with van der Waals surface area (Å²) in [5.74, 6) is 0.828. The third kappa shape index (κ3) is 5.62. The summed E-state index contributed by atoms with van der Waals surface area (Å²) in [6.45, 7) is 0.884. The van der Waals surface area contributed by atoms with Crippen molar-refractivity contribution in [2.75, 3.05) is 11.9 Å². The molecule has 0 radical (unpaired) electrons. The van der Waals surface area contributed by atoms with E-state index in [0.29, 0.717) is 0 Å². The van der Waals surface area contributed by atoms with E-state index in [9.17, 15) is 0 Å². The predicted octanol–water partition coefficient (Wildman–Crippen LogP) is 5.59. The maximum absolute atomic E-state index is 4.75. The van der Waals surface area contributed by atoms with E-state index in [1.165, 1.54) is 10.4 Å². The van der Waals surface area contributed by atoms with Gasteiger partial charge >= 0.3 is 0 Å². The molecule has 0 fully saturated rings. The summed E-state index contributed by atoms with van der Waals surface area (Å²) >= 11 is 6.82. The zero-order valence-corrected chi connectivity index (χ0v) is 17.8. The molecule has 4 rings (SSSR count). The van der Waals surface area contributed by atoms with E-state index in [2.05, 4.69) is 62.7 Å². The van der Waals surface area contributed by atoms with Crippen LogP contribution in [0.25, 0.3) is 0 Å². The van der Waals surface area contributed by atoms with Crippen molar-refractivity contribution in [1.82, 2.24) is 15.2 Å². The van der Waals surface area contributed by atoms with Gasteiger partial charge in [0.05, 0.1) is 10.7 Å². The van der Waals surface area contributed by atoms with E-state index in [0.717, 1.165) is 45.3 Å². The van der Waals surface area contributed by atoms with Crippen molar-refractivity contribution in [3.8, 4) is 0 Å². The second kappa shape index (κ2) is 9.45. The lowest BCUT2D eigenvalue weighted by Gasteiger charge is -1.99. The monoisotopic (exact) mass is 430 g/mol. The molecule has 0 spiro atoms. The molecule has 138 valence electrons. The van der Waals surface area contributed by atoms with Crippen molar-refractivity contribution < 1.29 is 0 Å². The average molecular weight is 431 g/mol. The molecule has 1 N–H and O–H groups in total. The van der Waals surface area contributed by atoms with Crippen LogP contribution in [0.2, 0.25) is 0 Å². The maximum atomic E-state index is 4.75. The Kier molecular flexibility index (Phi) is 6.52. The SMILES string of the molecule is c1ccc(Cc2nc(CSc3nnc(NCCc4cccs4)s3)cs2)cc1. The van der Waals surface area contributed by atoms with Gasteiger partial charge in [-0.3, -0.25) is 0 Å². The van der Waals surface area contributed by atoms with E-state index < -0.39 is 0 Å².